The van der Waals surface area contributed by atoms with Gasteiger partial charge in [0, 0.05) is 18.3 Å². The first kappa shape index (κ1) is 14.5. The maximum atomic E-state index is 11.8. The number of nitro benzene ring substituents is 1. The number of nitro groups is 1. The molecule has 0 radical (unpaired) electrons. The zero-order valence-corrected chi connectivity index (χ0v) is 12.3. The molecule has 104 valence electrons. The number of carbonyl (C=O) groups is 1. The second-order valence-electron chi connectivity index (χ2n) is 3.83. The molecule has 20 heavy (non-hydrogen) atoms. The minimum atomic E-state index is -0.559. The molecule has 1 aromatic carbocycles. The Morgan fingerprint density at radius 1 is 1.55 bits per heavy atom. The number of halogens is 2. The van der Waals surface area contributed by atoms with Gasteiger partial charge in [-0.05, 0) is 22.0 Å². The first-order valence-electron chi connectivity index (χ1n) is 5.37. The predicted molar refractivity (Wildman–Crippen MR) is 76.7 cm³/mol. The number of amides is 1. The van der Waals surface area contributed by atoms with Crippen molar-refractivity contribution < 1.29 is 9.72 Å². The summed E-state index contributed by atoms with van der Waals surface area (Å²) in [5, 5.41) is 17.3. The summed E-state index contributed by atoms with van der Waals surface area (Å²) in [5.41, 5.74) is 0.0450. The SMILES string of the molecule is O=C(Cn1cc(Br)cn1)Nc1cc([N+](=O)[O-])ccc1Cl. The molecule has 0 atom stereocenters. The van der Waals surface area contributed by atoms with Gasteiger partial charge >= 0.3 is 0 Å². The van der Waals surface area contributed by atoms with Crippen LogP contribution in [-0.2, 0) is 11.3 Å². The number of nitrogens with one attached hydrogen (secondary N) is 1. The molecule has 0 fully saturated rings. The summed E-state index contributed by atoms with van der Waals surface area (Å²) in [7, 11) is 0. The van der Waals surface area contributed by atoms with E-state index in [4.69, 9.17) is 11.6 Å². The molecule has 0 spiro atoms. The molecule has 0 saturated carbocycles. The lowest BCUT2D eigenvalue weighted by molar-refractivity contribution is -0.384. The minimum absolute atomic E-state index is 0.0232. The third kappa shape index (κ3) is 3.55. The van der Waals surface area contributed by atoms with Crippen LogP contribution in [0.4, 0.5) is 11.4 Å². The highest BCUT2D eigenvalue weighted by molar-refractivity contribution is 9.10. The molecule has 2 rings (SSSR count). The maximum Gasteiger partial charge on any atom is 0.271 e. The second kappa shape index (κ2) is 6.02. The Labute approximate surface area is 126 Å². The molecule has 0 aliphatic rings. The van der Waals surface area contributed by atoms with Gasteiger partial charge in [-0.3, -0.25) is 19.6 Å². The fourth-order valence-electron chi connectivity index (χ4n) is 1.48. The average molecular weight is 360 g/mol. The highest BCUT2D eigenvalue weighted by atomic mass is 79.9. The second-order valence-corrected chi connectivity index (χ2v) is 5.15. The number of hydrogen-bond donors (Lipinski definition) is 1. The van der Waals surface area contributed by atoms with Crippen molar-refractivity contribution in [1.29, 1.82) is 0 Å². The third-order valence-corrected chi connectivity index (χ3v) is 3.08. The van der Waals surface area contributed by atoms with Crippen LogP contribution in [0.25, 0.3) is 0 Å². The Balaban J connectivity index is 2.11. The number of hydrogen-bond acceptors (Lipinski definition) is 4. The molecule has 0 aliphatic heterocycles. The molecular formula is C11H8BrClN4O3. The summed E-state index contributed by atoms with van der Waals surface area (Å²) in [6.07, 6.45) is 3.18. The number of carbonyl (C=O) groups excluding carboxylic acids is 1. The molecule has 1 N–H and O–H groups in total. The highest BCUT2D eigenvalue weighted by Crippen LogP contribution is 2.26. The number of benzene rings is 1. The van der Waals surface area contributed by atoms with E-state index in [1.165, 1.54) is 22.9 Å². The number of anilines is 1. The van der Waals surface area contributed by atoms with Crippen LogP contribution < -0.4 is 5.32 Å². The van der Waals surface area contributed by atoms with Crippen LogP contribution >= 0.6 is 27.5 Å². The molecular weight excluding hydrogens is 352 g/mol. The molecule has 0 aliphatic carbocycles. The van der Waals surface area contributed by atoms with E-state index in [0.29, 0.717) is 0 Å². The van der Waals surface area contributed by atoms with Crippen molar-refractivity contribution >= 4 is 44.8 Å². The molecule has 1 amide bonds. The first-order chi connectivity index (χ1) is 9.45. The van der Waals surface area contributed by atoms with Gasteiger partial charge in [-0.1, -0.05) is 11.6 Å². The zero-order chi connectivity index (χ0) is 14.7. The summed E-state index contributed by atoms with van der Waals surface area (Å²) in [6, 6.07) is 3.83. The van der Waals surface area contributed by atoms with Gasteiger partial charge < -0.3 is 5.32 Å². The lowest BCUT2D eigenvalue weighted by Crippen LogP contribution is -2.19. The van der Waals surface area contributed by atoms with E-state index in [1.807, 2.05) is 0 Å². The van der Waals surface area contributed by atoms with E-state index in [1.54, 1.807) is 12.4 Å². The van der Waals surface area contributed by atoms with Crippen LogP contribution in [0.2, 0.25) is 5.02 Å². The standard InChI is InChI=1S/C11H8BrClN4O3/c12-7-4-14-16(5-7)6-11(18)15-10-3-8(17(19)20)1-2-9(10)13/h1-5H,6H2,(H,15,18). The Bertz CT molecular complexity index is 673. The largest absolute Gasteiger partial charge is 0.323 e. The van der Waals surface area contributed by atoms with Gasteiger partial charge in [-0.25, -0.2) is 0 Å². The quantitative estimate of drug-likeness (QED) is 0.671. The minimum Gasteiger partial charge on any atom is -0.323 e. The third-order valence-electron chi connectivity index (χ3n) is 2.34. The summed E-state index contributed by atoms with van der Waals surface area (Å²) < 4.78 is 2.17. The van der Waals surface area contributed by atoms with Crippen molar-refractivity contribution in [3.63, 3.8) is 0 Å². The summed E-state index contributed by atoms with van der Waals surface area (Å²) in [4.78, 5) is 21.9. The summed E-state index contributed by atoms with van der Waals surface area (Å²) in [5.74, 6) is -0.386. The Kier molecular flexibility index (Phi) is 4.35. The van der Waals surface area contributed by atoms with Crippen LogP contribution in [0.3, 0.4) is 0 Å². The van der Waals surface area contributed by atoms with Gasteiger partial charge in [-0.2, -0.15) is 5.10 Å². The molecule has 2 aromatic rings. The van der Waals surface area contributed by atoms with Gasteiger partial charge in [0.25, 0.3) is 5.69 Å². The molecule has 7 nitrogen and oxygen atoms in total. The van der Waals surface area contributed by atoms with Crippen molar-refractivity contribution in [1.82, 2.24) is 9.78 Å². The van der Waals surface area contributed by atoms with E-state index in [9.17, 15) is 14.9 Å². The van der Waals surface area contributed by atoms with Crippen LogP contribution in [0, 0.1) is 10.1 Å². The van der Waals surface area contributed by atoms with Crippen LogP contribution in [0.5, 0.6) is 0 Å². The van der Waals surface area contributed by atoms with Crippen molar-refractivity contribution in [3.05, 3.63) is 50.2 Å². The van der Waals surface area contributed by atoms with Gasteiger partial charge in [0.2, 0.25) is 5.91 Å². The number of aromatic nitrogens is 2. The van der Waals surface area contributed by atoms with E-state index >= 15 is 0 Å². The van der Waals surface area contributed by atoms with E-state index in [2.05, 4.69) is 26.3 Å². The highest BCUT2D eigenvalue weighted by Gasteiger charge is 2.12. The molecule has 0 saturated heterocycles. The van der Waals surface area contributed by atoms with E-state index in [0.717, 1.165) is 4.47 Å². The fraction of sp³-hybridized carbons (Fsp3) is 0.0909. The van der Waals surface area contributed by atoms with Crippen LogP contribution in [0.15, 0.2) is 35.1 Å². The summed E-state index contributed by atoms with van der Waals surface area (Å²) in [6.45, 7) is -0.0232. The Morgan fingerprint density at radius 2 is 2.30 bits per heavy atom. The van der Waals surface area contributed by atoms with Gasteiger partial charge in [0.1, 0.15) is 6.54 Å². The first-order valence-corrected chi connectivity index (χ1v) is 6.54. The predicted octanol–water partition coefficient (Wildman–Crippen LogP) is 2.85. The number of rotatable bonds is 4. The topological polar surface area (TPSA) is 90.1 Å². The number of nitrogens with zero attached hydrogens (tertiary/aromatic N) is 3. The van der Waals surface area contributed by atoms with Crippen molar-refractivity contribution in [3.8, 4) is 0 Å². The normalized spacial score (nSPS) is 10.3. The molecule has 9 heteroatoms. The van der Waals surface area contributed by atoms with E-state index in [-0.39, 0.29) is 28.8 Å². The molecule has 0 bridgehead atoms. The van der Waals surface area contributed by atoms with Crippen molar-refractivity contribution in [2.24, 2.45) is 0 Å². The zero-order valence-electron chi connectivity index (χ0n) is 9.92. The number of non-ortho nitro benzene ring substituents is 1. The van der Waals surface area contributed by atoms with Gasteiger partial charge in [0.15, 0.2) is 0 Å². The molecule has 0 unspecified atom stereocenters. The van der Waals surface area contributed by atoms with Gasteiger partial charge in [-0.15, -0.1) is 0 Å². The average Bonchev–Trinajstić information content (AvgIpc) is 2.77. The lowest BCUT2D eigenvalue weighted by Gasteiger charge is -2.07. The summed E-state index contributed by atoms with van der Waals surface area (Å²) >= 11 is 9.10. The Hall–Kier alpha value is -1.93. The van der Waals surface area contributed by atoms with Crippen molar-refractivity contribution in [2.45, 2.75) is 6.54 Å². The lowest BCUT2D eigenvalue weighted by atomic mass is 10.3. The van der Waals surface area contributed by atoms with Crippen molar-refractivity contribution in [2.75, 3.05) is 5.32 Å². The van der Waals surface area contributed by atoms with Crippen LogP contribution in [-0.4, -0.2) is 20.6 Å². The molecule has 1 aromatic heterocycles. The van der Waals surface area contributed by atoms with Crippen LogP contribution in [0.1, 0.15) is 0 Å². The van der Waals surface area contributed by atoms with E-state index < -0.39 is 4.92 Å². The van der Waals surface area contributed by atoms with Gasteiger partial charge in [0.05, 0.1) is 26.3 Å². The smallest absolute Gasteiger partial charge is 0.271 e. The monoisotopic (exact) mass is 358 g/mol. The Morgan fingerprint density at radius 3 is 2.90 bits per heavy atom. The molecule has 1 heterocycles. The maximum absolute atomic E-state index is 11.8. The fourth-order valence-corrected chi connectivity index (χ4v) is 1.98.